The molecule has 0 aliphatic rings. The number of aliphatic hydroxyl groups is 1. The first-order chi connectivity index (χ1) is 8.61. The van der Waals surface area contributed by atoms with Crippen LogP contribution in [-0.2, 0) is 5.75 Å². The number of halogens is 1. The largest absolute Gasteiger partial charge is 0.395 e. The first-order valence-corrected chi connectivity index (χ1v) is 7.24. The second-order valence-electron chi connectivity index (χ2n) is 4.53. The molecule has 18 heavy (non-hydrogen) atoms. The third-order valence-corrected chi connectivity index (χ3v) is 3.59. The third-order valence-electron chi connectivity index (χ3n) is 2.15. The second-order valence-corrected chi connectivity index (χ2v) is 5.56. The molecule has 98 valence electrons. The van der Waals surface area contributed by atoms with E-state index in [1.165, 1.54) is 6.07 Å². The van der Waals surface area contributed by atoms with E-state index in [1.807, 2.05) is 6.07 Å². The van der Waals surface area contributed by atoms with Gasteiger partial charge in [0.05, 0.1) is 6.61 Å². The van der Waals surface area contributed by atoms with Gasteiger partial charge in [0, 0.05) is 17.7 Å². The van der Waals surface area contributed by atoms with Crippen LogP contribution in [-0.4, -0.2) is 17.5 Å². The SMILES string of the molecule is CC(C)CSCc1cc(F)cc(C#CCCO)c1. The van der Waals surface area contributed by atoms with E-state index < -0.39 is 0 Å². The van der Waals surface area contributed by atoms with Crippen LogP contribution in [0.5, 0.6) is 0 Å². The quantitative estimate of drug-likeness (QED) is 0.824. The van der Waals surface area contributed by atoms with Gasteiger partial charge in [0.1, 0.15) is 5.82 Å². The van der Waals surface area contributed by atoms with Crippen LogP contribution in [0, 0.1) is 23.6 Å². The lowest BCUT2D eigenvalue weighted by molar-refractivity contribution is 0.305. The Bertz CT molecular complexity index is 432. The summed E-state index contributed by atoms with van der Waals surface area (Å²) < 4.78 is 13.4. The van der Waals surface area contributed by atoms with Gasteiger partial charge in [-0.3, -0.25) is 0 Å². The van der Waals surface area contributed by atoms with E-state index in [9.17, 15) is 4.39 Å². The van der Waals surface area contributed by atoms with E-state index in [4.69, 9.17) is 5.11 Å². The molecule has 0 aromatic heterocycles. The van der Waals surface area contributed by atoms with Gasteiger partial charge >= 0.3 is 0 Å². The predicted molar refractivity (Wildman–Crippen MR) is 76.0 cm³/mol. The third kappa shape index (κ3) is 6.09. The number of rotatable bonds is 5. The van der Waals surface area contributed by atoms with Crippen LogP contribution in [0.25, 0.3) is 0 Å². The van der Waals surface area contributed by atoms with Gasteiger partial charge in [-0.25, -0.2) is 4.39 Å². The molecular formula is C15H19FOS. The molecule has 0 atom stereocenters. The van der Waals surface area contributed by atoms with Crippen LogP contribution >= 0.6 is 11.8 Å². The standard InChI is InChI=1S/C15H19FOS/c1-12(2)10-18-11-14-7-13(5-3-4-6-17)8-15(16)9-14/h7-9,12,17H,4,6,10-11H2,1-2H3. The number of aliphatic hydroxyl groups excluding tert-OH is 1. The Morgan fingerprint density at radius 3 is 2.78 bits per heavy atom. The zero-order chi connectivity index (χ0) is 13.4. The fraction of sp³-hybridized carbons (Fsp3) is 0.467. The molecule has 3 heteroatoms. The molecule has 0 bridgehead atoms. The minimum absolute atomic E-state index is 0.0411. The van der Waals surface area contributed by atoms with Crippen molar-refractivity contribution in [3.63, 3.8) is 0 Å². The first kappa shape index (κ1) is 15.1. The Morgan fingerprint density at radius 1 is 1.33 bits per heavy atom. The monoisotopic (exact) mass is 266 g/mol. The molecule has 1 aromatic carbocycles. The minimum atomic E-state index is -0.244. The van der Waals surface area contributed by atoms with Crippen molar-refractivity contribution in [1.82, 2.24) is 0 Å². The lowest BCUT2D eigenvalue weighted by Crippen LogP contribution is -1.93. The summed E-state index contributed by atoms with van der Waals surface area (Å²) in [7, 11) is 0. The van der Waals surface area contributed by atoms with Crippen LogP contribution in [0.2, 0.25) is 0 Å². The van der Waals surface area contributed by atoms with Crippen molar-refractivity contribution in [3.05, 3.63) is 35.1 Å². The molecule has 0 fully saturated rings. The Hall–Kier alpha value is -0.980. The van der Waals surface area contributed by atoms with Gasteiger partial charge in [0.2, 0.25) is 0 Å². The maximum absolute atomic E-state index is 13.4. The van der Waals surface area contributed by atoms with Gasteiger partial charge in [0.25, 0.3) is 0 Å². The van der Waals surface area contributed by atoms with E-state index >= 15 is 0 Å². The molecule has 0 aliphatic heterocycles. The second kappa shape index (κ2) is 8.18. The maximum Gasteiger partial charge on any atom is 0.124 e. The van der Waals surface area contributed by atoms with Crippen LogP contribution in [0.15, 0.2) is 18.2 Å². The van der Waals surface area contributed by atoms with E-state index in [1.54, 1.807) is 17.8 Å². The molecule has 1 nitrogen and oxygen atoms in total. The van der Waals surface area contributed by atoms with E-state index in [2.05, 4.69) is 25.7 Å². The number of benzene rings is 1. The normalized spacial score (nSPS) is 10.3. The van der Waals surface area contributed by atoms with E-state index in [0.717, 1.165) is 17.1 Å². The lowest BCUT2D eigenvalue weighted by Gasteiger charge is -2.05. The van der Waals surface area contributed by atoms with Gasteiger partial charge in [-0.15, -0.1) is 0 Å². The van der Waals surface area contributed by atoms with E-state index in [0.29, 0.717) is 17.9 Å². The van der Waals surface area contributed by atoms with Crippen molar-refractivity contribution in [3.8, 4) is 11.8 Å². The molecule has 0 radical (unpaired) electrons. The highest BCUT2D eigenvalue weighted by Gasteiger charge is 2.01. The highest BCUT2D eigenvalue weighted by atomic mass is 32.2. The molecule has 1 N–H and O–H groups in total. The summed E-state index contributed by atoms with van der Waals surface area (Å²) in [5, 5.41) is 8.64. The maximum atomic E-state index is 13.4. The zero-order valence-corrected chi connectivity index (χ0v) is 11.7. The topological polar surface area (TPSA) is 20.2 Å². The van der Waals surface area contributed by atoms with E-state index in [-0.39, 0.29) is 12.4 Å². The van der Waals surface area contributed by atoms with Crippen LogP contribution in [0.3, 0.4) is 0 Å². The van der Waals surface area contributed by atoms with Crippen molar-refractivity contribution in [1.29, 1.82) is 0 Å². The Labute approximate surface area is 113 Å². The molecule has 0 aliphatic carbocycles. The highest BCUT2D eigenvalue weighted by molar-refractivity contribution is 7.98. The number of hydrogen-bond acceptors (Lipinski definition) is 2. The average molecular weight is 266 g/mol. The molecule has 0 spiro atoms. The lowest BCUT2D eigenvalue weighted by atomic mass is 10.1. The smallest absolute Gasteiger partial charge is 0.124 e. The summed E-state index contributed by atoms with van der Waals surface area (Å²) in [4.78, 5) is 0. The number of thioether (sulfide) groups is 1. The Kier molecular flexibility index (Phi) is 6.85. The van der Waals surface area contributed by atoms with Crippen molar-refractivity contribution in [2.45, 2.75) is 26.0 Å². The van der Waals surface area contributed by atoms with Gasteiger partial charge in [-0.05, 0) is 35.4 Å². The Morgan fingerprint density at radius 2 is 2.11 bits per heavy atom. The molecule has 0 amide bonds. The van der Waals surface area contributed by atoms with Crippen molar-refractivity contribution < 1.29 is 9.50 Å². The summed E-state index contributed by atoms with van der Waals surface area (Å²) in [5.74, 6) is 7.96. The highest BCUT2D eigenvalue weighted by Crippen LogP contribution is 2.17. The molecule has 1 rings (SSSR count). The fourth-order valence-electron chi connectivity index (χ4n) is 1.44. The van der Waals surface area contributed by atoms with Crippen LogP contribution in [0.1, 0.15) is 31.4 Å². The fourth-order valence-corrected chi connectivity index (χ4v) is 2.43. The molecule has 1 aromatic rings. The van der Waals surface area contributed by atoms with Gasteiger partial charge in [0.15, 0.2) is 0 Å². The van der Waals surface area contributed by atoms with Crippen LogP contribution < -0.4 is 0 Å². The van der Waals surface area contributed by atoms with Gasteiger partial charge < -0.3 is 5.11 Å². The van der Waals surface area contributed by atoms with Crippen LogP contribution in [0.4, 0.5) is 4.39 Å². The van der Waals surface area contributed by atoms with Crippen molar-refractivity contribution in [2.75, 3.05) is 12.4 Å². The van der Waals surface area contributed by atoms with Gasteiger partial charge in [-0.1, -0.05) is 25.7 Å². The molecule has 0 saturated carbocycles. The summed E-state index contributed by atoms with van der Waals surface area (Å²) in [6.45, 7) is 4.38. The number of hydrogen-bond donors (Lipinski definition) is 1. The summed E-state index contributed by atoms with van der Waals surface area (Å²) >= 11 is 1.81. The average Bonchev–Trinajstić information content (AvgIpc) is 2.28. The summed E-state index contributed by atoms with van der Waals surface area (Å²) in [5.41, 5.74) is 1.65. The molecular weight excluding hydrogens is 247 g/mol. The van der Waals surface area contributed by atoms with Crippen molar-refractivity contribution >= 4 is 11.8 Å². The minimum Gasteiger partial charge on any atom is -0.395 e. The summed E-state index contributed by atoms with van der Waals surface area (Å²) in [6.07, 6.45) is 0.425. The molecule has 0 saturated heterocycles. The first-order valence-electron chi connectivity index (χ1n) is 6.08. The zero-order valence-electron chi connectivity index (χ0n) is 10.9. The van der Waals surface area contributed by atoms with Crippen molar-refractivity contribution in [2.24, 2.45) is 5.92 Å². The summed E-state index contributed by atoms with van der Waals surface area (Å²) in [6, 6.07) is 4.91. The molecule has 0 unspecified atom stereocenters. The molecule has 0 heterocycles. The van der Waals surface area contributed by atoms with Gasteiger partial charge in [-0.2, -0.15) is 11.8 Å². The predicted octanol–water partition coefficient (Wildman–Crippen LogP) is 3.45. The Balaban J connectivity index is 2.66.